The molecule has 0 saturated heterocycles. The number of aryl methyl sites for hydroxylation is 1. The molecule has 1 N–H and O–H groups in total. The zero-order chi connectivity index (χ0) is 25.3. The van der Waals surface area contributed by atoms with E-state index in [1.54, 1.807) is 24.4 Å². The molecule has 0 fully saturated rings. The van der Waals surface area contributed by atoms with Crippen molar-refractivity contribution in [2.75, 3.05) is 11.5 Å². The van der Waals surface area contributed by atoms with Crippen molar-refractivity contribution in [3.8, 4) is 0 Å². The predicted molar refractivity (Wildman–Crippen MR) is 129 cm³/mol. The monoisotopic (exact) mass is 511 g/mol. The van der Waals surface area contributed by atoms with Gasteiger partial charge in [0, 0.05) is 12.1 Å². The Labute approximate surface area is 206 Å². The Hall–Kier alpha value is -4.16. The first-order valence-electron chi connectivity index (χ1n) is 10.1. The summed E-state index contributed by atoms with van der Waals surface area (Å²) in [5.41, 5.74) is 0.277. The van der Waals surface area contributed by atoms with Gasteiger partial charge in [-0.15, -0.1) is 11.3 Å². The molecule has 1 aliphatic heterocycles. The number of thiazole rings is 1. The number of carbonyl (C=O) groups excluding carboxylic acids is 3. The normalized spacial score (nSPS) is 15.4. The number of amides is 1. The number of esters is 1. The third-order valence-corrected chi connectivity index (χ3v) is 7.13. The molecule has 10 nitrogen and oxygen atoms in total. The van der Waals surface area contributed by atoms with Crippen LogP contribution in [0.15, 0.2) is 65.8 Å². The van der Waals surface area contributed by atoms with Gasteiger partial charge in [0.1, 0.15) is 11.5 Å². The number of nitro benzene ring substituents is 1. The van der Waals surface area contributed by atoms with E-state index in [0.29, 0.717) is 16.1 Å². The predicted octanol–water partition coefficient (Wildman–Crippen LogP) is 4.55. The van der Waals surface area contributed by atoms with Gasteiger partial charge in [-0.2, -0.15) is 0 Å². The number of ether oxygens (including phenoxy) is 1. The van der Waals surface area contributed by atoms with E-state index in [9.17, 15) is 29.6 Å². The average Bonchev–Trinajstić information content (AvgIpc) is 3.56. The summed E-state index contributed by atoms with van der Waals surface area (Å²) in [5, 5.41) is 23.6. The summed E-state index contributed by atoms with van der Waals surface area (Å²) < 4.78 is 5.07. The van der Waals surface area contributed by atoms with E-state index in [-0.39, 0.29) is 27.9 Å². The second-order valence-electron chi connectivity index (χ2n) is 7.29. The number of aromatic nitrogens is 1. The van der Waals surface area contributed by atoms with Crippen LogP contribution < -0.4 is 4.90 Å². The van der Waals surface area contributed by atoms with Crippen molar-refractivity contribution >= 4 is 51.2 Å². The smallest absolute Gasteiger partial charge is 0.350 e. The second-order valence-corrected chi connectivity index (χ2v) is 9.22. The van der Waals surface area contributed by atoms with Crippen molar-refractivity contribution in [3.05, 3.63) is 96.9 Å². The molecule has 1 atom stereocenters. The van der Waals surface area contributed by atoms with Crippen LogP contribution in [0.25, 0.3) is 0 Å². The number of aliphatic hydroxyl groups is 1. The van der Waals surface area contributed by atoms with E-state index in [1.807, 2.05) is 0 Å². The molecular formula is C23H17N3O7S2. The Kier molecular flexibility index (Phi) is 6.58. The van der Waals surface area contributed by atoms with Gasteiger partial charge >= 0.3 is 5.97 Å². The highest BCUT2D eigenvalue weighted by atomic mass is 32.1. The number of rotatable bonds is 8. The number of benzene rings is 1. The van der Waals surface area contributed by atoms with E-state index in [1.165, 1.54) is 30.3 Å². The number of nitrogens with zero attached hydrogens (tertiary/aromatic N) is 3. The molecule has 1 amide bonds. The lowest BCUT2D eigenvalue weighted by atomic mass is 9.95. The third kappa shape index (κ3) is 4.36. The largest absolute Gasteiger partial charge is 0.503 e. The first-order valence-corrected chi connectivity index (χ1v) is 11.8. The topological polar surface area (TPSA) is 140 Å². The lowest BCUT2D eigenvalue weighted by Gasteiger charge is -2.24. The van der Waals surface area contributed by atoms with Crippen LogP contribution in [0.5, 0.6) is 0 Å². The minimum Gasteiger partial charge on any atom is -0.503 e. The Bertz CT molecular complexity index is 1370. The van der Waals surface area contributed by atoms with Gasteiger partial charge in [0.05, 0.1) is 27.1 Å². The van der Waals surface area contributed by atoms with Gasteiger partial charge in [0.2, 0.25) is 5.78 Å². The minimum atomic E-state index is -1.12. The van der Waals surface area contributed by atoms with E-state index < -0.39 is 34.4 Å². The van der Waals surface area contributed by atoms with Gasteiger partial charge in [-0.3, -0.25) is 24.6 Å². The number of thiophene rings is 1. The van der Waals surface area contributed by atoms with Crippen LogP contribution >= 0.6 is 22.7 Å². The van der Waals surface area contributed by atoms with Crippen LogP contribution in [-0.2, 0) is 9.53 Å². The zero-order valence-electron chi connectivity index (χ0n) is 18.2. The lowest BCUT2D eigenvalue weighted by molar-refractivity contribution is -0.384. The Morgan fingerprint density at radius 2 is 2.03 bits per heavy atom. The molecular weight excluding hydrogens is 494 g/mol. The number of nitro groups is 1. The zero-order valence-corrected chi connectivity index (χ0v) is 19.8. The van der Waals surface area contributed by atoms with E-state index in [2.05, 4.69) is 11.6 Å². The van der Waals surface area contributed by atoms with E-state index in [4.69, 9.17) is 4.74 Å². The van der Waals surface area contributed by atoms with Crippen LogP contribution in [0.2, 0.25) is 0 Å². The van der Waals surface area contributed by atoms with E-state index >= 15 is 0 Å². The maximum atomic E-state index is 13.3. The summed E-state index contributed by atoms with van der Waals surface area (Å²) in [4.78, 5) is 55.3. The summed E-state index contributed by atoms with van der Waals surface area (Å²) in [5.74, 6) is -2.85. The van der Waals surface area contributed by atoms with Crippen LogP contribution in [0, 0.1) is 17.0 Å². The van der Waals surface area contributed by atoms with Crippen LogP contribution in [0.3, 0.4) is 0 Å². The third-order valence-electron chi connectivity index (χ3n) is 5.13. The van der Waals surface area contributed by atoms with Gasteiger partial charge in [0.25, 0.3) is 11.6 Å². The fourth-order valence-corrected chi connectivity index (χ4v) is 5.21. The summed E-state index contributed by atoms with van der Waals surface area (Å²) >= 11 is 2.01. The molecule has 0 saturated carbocycles. The van der Waals surface area contributed by atoms with Crippen molar-refractivity contribution in [2.45, 2.75) is 13.0 Å². The van der Waals surface area contributed by atoms with Gasteiger partial charge in [0.15, 0.2) is 10.9 Å². The Balaban J connectivity index is 1.83. The van der Waals surface area contributed by atoms with Crippen molar-refractivity contribution in [3.63, 3.8) is 0 Å². The number of aliphatic hydroxyl groups excluding tert-OH is 1. The fourth-order valence-electron chi connectivity index (χ4n) is 3.54. The molecule has 0 aliphatic carbocycles. The molecule has 3 heterocycles. The fraction of sp³-hybridized carbons (Fsp3) is 0.130. The van der Waals surface area contributed by atoms with Crippen LogP contribution in [0.1, 0.15) is 36.6 Å². The molecule has 1 aliphatic rings. The number of Topliss-reactive ketones (excluding diaryl/α,β-unsaturated/α-hetero) is 1. The molecule has 0 radical (unpaired) electrons. The molecule has 0 bridgehead atoms. The number of carbonyl (C=O) groups is 3. The maximum absolute atomic E-state index is 13.3. The highest BCUT2D eigenvalue weighted by Gasteiger charge is 2.46. The molecule has 1 aromatic carbocycles. The van der Waals surface area contributed by atoms with Crippen molar-refractivity contribution < 1.29 is 29.2 Å². The molecule has 2 aromatic heterocycles. The lowest BCUT2D eigenvalue weighted by Crippen LogP contribution is -2.31. The number of anilines is 1. The molecule has 35 heavy (non-hydrogen) atoms. The molecule has 178 valence electrons. The molecule has 4 rings (SSSR count). The molecule has 3 aromatic rings. The first-order chi connectivity index (χ1) is 16.7. The molecule has 12 heteroatoms. The number of ketones is 1. The van der Waals surface area contributed by atoms with Gasteiger partial charge < -0.3 is 9.84 Å². The second kappa shape index (κ2) is 9.60. The Morgan fingerprint density at radius 1 is 1.31 bits per heavy atom. The average molecular weight is 512 g/mol. The highest BCUT2D eigenvalue weighted by molar-refractivity contribution is 7.17. The summed E-state index contributed by atoms with van der Waals surface area (Å²) in [6.45, 7) is 5.05. The van der Waals surface area contributed by atoms with Crippen molar-refractivity contribution in [1.82, 2.24) is 4.98 Å². The Morgan fingerprint density at radius 3 is 2.63 bits per heavy atom. The van der Waals surface area contributed by atoms with Crippen LogP contribution in [0.4, 0.5) is 10.8 Å². The van der Waals surface area contributed by atoms with Gasteiger partial charge in [-0.1, -0.05) is 30.1 Å². The minimum absolute atomic E-state index is 0.0125. The standard InChI is InChI=1S/C23H17N3O7S2/c1-3-10-33-22(30)20-12(2)24-23(35-20)25-17(13-6-8-14(9-7-13)26(31)32)16(19(28)21(25)29)18(27)15-5-4-11-34-15/h3-9,11,17,28H,1,10H2,2H3. The van der Waals surface area contributed by atoms with E-state index in [0.717, 1.165) is 27.6 Å². The quantitative estimate of drug-likeness (QED) is 0.153. The maximum Gasteiger partial charge on any atom is 0.350 e. The first kappa shape index (κ1) is 24.0. The molecule has 0 spiro atoms. The number of hydrogen-bond acceptors (Lipinski definition) is 10. The number of non-ortho nitro benzene ring substituents is 1. The summed E-state index contributed by atoms with van der Waals surface area (Å²) in [7, 11) is 0. The van der Waals surface area contributed by atoms with Gasteiger partial charge in [-0.25, -0.2) is 9.78 Å². The summed E-state index contributed by atoms with van der Waals surface area (Å²) in [6, 6.07) is 7.40. The molecule has 1 unspecified atom stereocenters. The highest BCUT2D eigenvalue weighted by Crippen LogP contribution is 2.44. The van der Waals surface area contributed by atoms with Crippen LogP contribution in [-0.4, -0.2) is 39.3 Å². The number of hydrogen-bond donors (Lipinski definition) is 1. The van der Waals surface area contributed by atoms with Gasteiger partial charge in [-0.05, 0) is 36.1 Å². The van der Waals surface area contributed by atoms with Crippen molar-refractivity contribution in [2.24, 2.45) is 0 Å². The SMILES string of the molecule is C=CCOC(=O)c1sc(N2C(=O)C(O)=C(C(=O)c3cccs3)C2c2ccc([N+](=O)[O-])cc2)nc1C. The van der Waals surface area contributed by atoms with Crippen molar-refractivity contribution in [1.29, 1.82) is 0 Å². The summed E-state index contributed by atoms with van der Waals surface area (Å²) in [6.07, 6.45) is 1.41.